The second-order valence-corrected chi connectivity index (χ2v) is 11.3. The molecule has 2 atom stereocenters. The van der Waals surface area contributed by atoms with E-state index in [0.717, 1.165) is 36.6 Å². The number of rotatable bonds is 4. The molecule has 4 rings (SSSR count). The molecule has 2 saturated heterocycles. The van der Waals surface area contributed by atoms with Crippen LogP contribution in [0.1, 0.15) is 43.2 Å². The number of likely N-dealkylation sites (tertiary alicyclic amines) is 1. The molecule has 3 aliphatic rings. The highest BCUT2D eigenvalue weighted by molar-refractivity contribution is 7.89. The SMILES string of the molecule is Cc1ccc(S(=O)(=O)N2CCN(CC(=O)N3CC[C@H]4CCCC[C@H]4C3)CC2)c(C)c1. The van der Waals surface area contributed by atoms with E-state index in [1.807, 2.05) is 26.0 Å². The number of nitrogens with zero attached hydrogens (tertiary/aromatic N) is 3. The lowest BCUT2D eigenvalue weighted by atomic mass is 9.75. The number of carbonyl (C=O) groups is 1. The van der Waals surface area contributed by atoms with Gasteiger partial charge in [0, 0.05) is 39.3 Å². The monoisotopic (exact) mass is 433 g/mol. The molecular formula is C23H35N3O3S. The smallest absolute Gasteiger partial charge is 0.243 e. The summed E-state index contributed by atoms with van der Waals surface area (Å²) >= 11 is 0. The molecule has 1 amide bonds. The van der Waals surface area contributed by atoms with Crippen LogP contribution in [0.25, 0.3) is 0 Å². The van der Waals surface area contributed by atoms with Crippen molar-refractivity contribution in [3.05, 3.63) is 29.3 Å². The Bertz CT molecular complexity index is 878. The molecule has 30 heavy (non-hydrogen) atoms. The summed E-state index contributed by atoms with van der Waals surface area (Å²) in [5, 5.41) is 0. The van der Waals surface area contributed by atoms with Crippen molar-refractivity contribution in [1.82, 2.24) is 14.1 Å². The van der Waals surface area contributed by atoms with E-state index in [4.69, 9.17) is 0 Å². The van der Waals surface area contributed by atoms with E-state index in [1.54, 1.807) is 10.4 Å². The number of piperazine rings is 1. The van der Waals surface area contributed by atoms with Crippen LogP contribution in [0, 0.1) is 25.7 Å². The van der Waals surface area contributed by atoms with Gasteiger partial charge in [0.2, 0.25) is 15.9 Å². The van der Waals surface area contributed by atoms with Crippen LogP contribution >= 0.6 is 0 Å². The number of benzene rings is 1. The fourth-order valence-corrected chi connectivity index (χ4v) is 7.10. The van der Waals surface area contributed by atoms with Crippen molar-refractivity contribution < 1.29 is 13.2 Å². The molecule has 0 bridgehead atoms. The van der Waals surface area contributed by atoms with Crippen LogP contribution in [0.5, 0.6) is 0 Å². The Morgan fingerprint density at radius 3 is 2.37 bits per heavy atom. The predicted octanol–water partition coefficient (Wildman–Crippen LogP) is 2.65. The van der Waals surface area contributed by atoms with Crippen LogP contribution in [-0.2, 0) is 14.8 Å². The van der Waals surface area contributed by atoms with Crippen molar-refractivity contribution in [1.29, 1.82) is 0 Å². The zero-order valence-corrected chi connectivity index (χ0v) is 19.2. The lowest BCUT2D eigenvalue weighted by Gasteiger charge is -2.42. The topological polar surface area (TPSA) is 60.9 Å². The Labute approximate surface area is 181 Å². The summed E-state index contributed by atoms with van der Waals surface area (Å²) in [5.41, 5.74) is 1.85. The number of aryl methyl sites for hydroxylation is 2. The van der Waals surface area contributed by atoms with Crippen molar-refractivity contribution in [3.63, 3.8) is 0 Å². The summed E-state index contributed by atoms with van der Waals surface area (Å²) in [6.07, 6.45) is 6.41. The molecule has 0 radical (unpaired) electrons. The van der Waals surface area contributed by atoms with Crippen molar-refractivity contribution in [3.8, 4) is 0 Å². The zero-order chi connectivity index (χ0) is 21.3. The van der Waals surface area contributed by atoms with Gasteiger partial charge in [-0.1, -0.05) is 37.0 Å². The first-order valence-corrected chi connectivity index (χ1v) is 12.9. The van der Waals surface area contributed by atoms with Gasteiger partial charge < -0.3 is 4.90 Å². The molecule has 6 nitrogen and oxygen atoms in total. The van der Waals surface area contributed by atoms with Crippen molar-refractivity contribution in [2.24, 2.45) is 11.8 Å². The third-order valence-corrected chi connectivity index (χ3v) is 9.34. The van der Waals surface area contributed by atoms with E-state index in [2.05, 4.69) is 9.80 Å². The number of hydrogen-bond donors (Lipinski definition) is 0. The van der Waals surface area contributed by atoms with Crippen LogP contribution in [0.2, 0.25) is 0 Å². The van der Waals surface area contributed by atoms with Gasteiger partial charge in [-0.2, -0.15) is 4.31 Å². The van der Waals surface area contributed by atoms with E-state index in [-0.39, 0.29) is 5.91 Å². The molecule has 0 spiro atoms. The summed E-state index contributed by atoms with van der Waals surface area (Å²) in [4.78, 5) is 17.4. The molecule has 2 aliphatic heterocycles. The molecule has 0 N–H and O–H groups in total. The summed E-state index contributed by atoms with van der Waals surface area (Å²) in [7, 11) is -3.48. The Morgan fingerprint density at radius 2 is 1.67 bits per heavy atom. The summed E-state index contributed by atoms with van der Waals surface area (Å²) in [6.45, 7) is 8.13. The van der Waals surface area contributed by atoms with Crippen LogP contribution in [-0.4, -0.2) is 74.2 Å². The number of carbonyl (C=O) groups excluding carboxylic acids is 1. The molecule has 1 aromatic carbocycles. The zero-order valence-electron chi connectivity index (χ0n) is 18.3. The Morgan fingerprint density at radius 1 is 0.967 bits per heavy atom. The summed E-state index contributed by atoms with van der Waals surface area (Å²) in [6, 6.07) is 5.48. The Hall–Kier alpha value is -1.44. The van der Waals surface area contributed by atoms with Crippen LogP contribution in [0.3, 0.4) is 0 Å². The quantitative estimate of drug-likeness (QED) is 0.732. The highest BCUT2D eigenvalue weighted by atomic mass is 32.2. The van der Waals surface area contributed by atoms with Crippen molar-refractivity contribution in [2.45, 2.75) is 50.8 Å². The van der Waals surface area contributed by atoms with Crippen molar-refractivity contribution in [2.75, 3.05) is 45.8 Å². The lowest BCUT2D eigenvalue weighted by Crippen LogP contribution is -2.53. The maximum Gasteiger partial charge on any atom is 0.243 e. The van der Waals surface area contributed by atoms with Crippen LogP contribution < -0.4 is 0 Å². The molecule has 2 heterocycles. The molecule has 0 unspecified atom stereocenters. The molecule has 0 aromatic heterocycles. The van der Waals surface area contributed by atoms with E-state index in [0.29, 0.717) is 43.5 Å². The van der Waals surface area contributed by atoms with Gasteiger partial charge in [0.25, 0.3) is 0 Å². The molecule has 1 aliphatic carbocycles. The highest BCUT2D eigenvalue weighted by Gasteiger charge is 2.34. The minimum atomic E-state index is -3.48. The van der Waals surface area contributed by atoms with Gasteiger partial charge in [-0.05, 0) is 50.2 Å². The molecule has 7 heteroatoms. The third-order valence-electron chi connectivity index (χ3n) is 7.28. The van der Waals surface area contributed by atoms with E-state index in [9.17, 15) is 13.2 Å². The number of piperidine rings is 1. The first-order chi connectivity index (χ1) is 14.3. The molecule has 3 fully saturated rings. The van der Waals surface area contributed by atoms with Gasteiger partial charge >= 0.3 is 0 Å². The molecule has 166 valence electrons. The fraction of sp³-hybridized carbons (Fsp3) is 0.696. The van der Waals surface area contributed by atoms with Gasteiger partial charge in [-0.15, -0.1) is 0 Å². The first-order valence-electron chi connectivity index (χ1n) is 11.4. The summed E-state index contributed by atoms with van der Waals surface area (Å²) in [5.74, 6) is 1.72. The standard InChI is InChI=1S/C23H35N3O3S/c1-18-7-8-22(19(2)15-18)30(28,29)26-13-11-24(12-14-26)17-23(27)25-10-9-20-5-3-4-6-21(20)16-25/h7-8,15,20-21H,3-6,9-14,16-17H2,1-2H3/t20-,21+/m1/s1. The van der Waals surface area contributed by atoms with Crippen molar-refractivity contribution >= 4 is 15.9 Å². The number of fused-ring (bicyclic) bond motifs is 1. The van der Waals surface area contributed by atoms with E-state index < -0.39 is 10.0 Å². The number of amides is 1. The molecular weight excluding hydrogens is 398 g/mol. The molecule has 1 aromatic rings. The second kappa shape index (κ2) is 8.97. The second-order valence-electron chi connectivity index (χ2n) is 9.38. The summed E-state index contributed by atoms with van der Waals surface area (Å²) < 4.78 is 27.7. The van der Waals surface area contributed by atoms with Gasteiger partial charge in [-0.3, -0.25) is 9.69 Å². The van der Waals surface area contributed by atoms with E-state index >= 15 is 0 Å². The minimum Gasteiger partial charge on any atom is -0.341 e. The van der Waals surface area contributed by atoms with Crippen LogP contribution in [0.4, 0.5) is 0 Å². The van der Waals surface area contributed by atoms with E-state index in [1.165, 1.54) is 25.7 Å². The normalized spacial score (nSPS) is 26.4. The Balaban J connectivity index is 1.30. The largest absolute Gasteiger partial charge is 0.341 e. The molecule has 1 saturated carbocycles. The van der Waals surface area contributed by atoms with Gasteiger partial charge in [-0.25, -0.2) is 8.42 Å². The Kier molecular flexibility index (Phi) is 6.51. The number of sulfonamides is 1. The maximum atomic E-state index is 13.1. The van der Waals surface area contributed by atoms with Gasteiger partial charge in [0.1, 0.15) is 0 Å². The predicted molar refractivity (Wildman–Crippen MR) is 118 cm³/mol. The number of hydrogen-bond acceptors (Lipinski definition) is 4. The van der Waals surface area contributed by atoms with Gasteiger partial charge in [0.15, 0.2) is 0 Å². The van der Waals surface area contributed by atoms with Gasteiger partial charge in [0.05, 0.1) is 11.4 Å². The average Bonchev–Trinajstić information content (AvgIpc) is 2.73. The lowest BCUT2D eigenvalue weighted by molar-refractivity contribution is -0.135. The third kappa shape index (κ3) is 4.58. The highest BCUT2D eigenvalue weighted by Crippen LogP contribution is 2.36. The first kappa shape index (κ1) is 21.8. The average molecular weight is 434 g/mol. The fourth-order valence-electron chi connectivity index (χ4n) is 5.47. The minimum absolute atomic E-state index is 0.213. The maximum absolute atomic E-state index is 13.1. The van der Waals surface area contributed by atoms with Crippen LogP contribution in [0.15, 0.2) is 23.1 Å².